The monoisotopic (exact) mass is 281 g/mol. The van der Waals surface area contributed by atoms with Gasteiger partial charge in [0.1, 0.15) is 12.0 Å². The van der Waals surface area contributed by atoms with Crippen LogP contribution >= 0.6 is 0 Å². The maximum atomic E-state index is 4.70. The van der Waals surface area contributed by atoms with Gasteiger partial charge in [0.25, 0.3) is 0 Å². The van der Waals surface area contributed by atoms with Crippen molar-refractivity contribution in [3.63, 3.8) is 0 Å². The molecule has 108 valence electrons. The Kier molecular flexibility index (Phi) is 3.35. The Morgan fingerprint density at radius 3 is 2.95 bits per heavy atom. The summed E-state index contributed by atoms with van der Waals surface area (Å²) in [6.45, 7) is 1.14. The third-order valence-electron chi connectivity index (χ3n) is 4.34. The SMILES string of the molecule is c1cc(-c2ncc3c(n2)CCC(CNC2CC2)C3)ncn1. The van der Waals surface area contributed by atoms with Gasteiger partial charge in [-0.3, -0.25) is 0 Å². The first-order valence-electron chi connectivity index (χ1n) is 7.73. The van der Waals surface area contributed by atoms with Crippen LogP contribution in [0.1, 0.15) is 30.5 Å². The van der Waals surface area contributed by atoms with Gasteiger partial charge >= 0.3 is 0 Å². The fourth-order valence-corrected chi connectivity index (χ4v) is 2.92. The van der Waals surface area contributed by atoms with E-state index >= 15 is 0 Å². The third kappa shape index (κ3) is 2.93. The minimum atomic E-state index is 0.714. The number of aromatic nitrogens is 4. The van der Waals surface area contributed by atoms with Gasteiger partial charge in [0, 0.05) is 24.1 Å². The number of hydrogen-bond acceptors (Lipinski definition) is 5. The van der Waals surface area contributed by atoms with Crippen LogP contribution in [0.2, 0.25) is 0 Å². The van der Waals surface area contributed by atoms with Gasteiger partial charge in [0.05, 0.1) is 0 Å². The van der Waals surface area contributed by atoms with Gasteiger partial charge in [-0.25, -0.2) is 19.9 Å². The maximum Gasteiger partial charge on any atom is 0.178 e. The Balaban J connectivity index is 1.49. The fourth-order valence-electron chi connectivity index (χ4n) is 2.92. The zero-order chi connectivity index (χ0) is 14.1. The van der Waals surface area contributed by atoms with E-state index in [4.69, 9.17) is 4.98 Å². The van der Waals surface area contributed by atoms with Gasteiger partial charge in [0.2, 0.25) is 0 Å². The number of rotatable bonds is 4. The van der Waals surface area contributed by atoms with Crippen molar-refractivity contribution in [3.05, 3.63) is 36.0 Å². The van der Waals surface area contributed by atoms with Crippen molar-refractivity contribution >= 4 is 0 Å². The molecule has 2 heterocycles. The average molecular weight is 281 g/mol. The predicted molar refractivity (Wildman–Crippen MR) is 79.6 cm³/mol. The summed E-state index contributed by atoms with van der Waals surface area (Å²) < 4.78 is 0. The first-order valence-corrected chi connectivity index (χ1v) is 7.73. The molecule has 5 nitrogen and oxygen atoms in total. The van der Waals surface area contributed by atoms with Crippen LogP contribution in [0.25, 0.3) is 11.5 Å². The molecule has 2 aromatic heterocycles. The van der Waals surface area contributed by atoms with Gasteiger partial charge in [-0.1, -0.05) is 0 Å². The summed E-state index contributed by atoms with van der Waals surface area (Å²) in [5.41, 5.74) is 3.30. The molecule has 0 radical (unpaired) electrons. The standard InChI is InChI=1S/C16H19N5/c1-4-14-12(7-11(1)8-18-13-2-3-13)9-19-16(21-14)15-5-6-17-10-20-15/h5-6,9-11,13,18H,1-4,7-8H2. The van der Waals surface area contributed by atoms with Crippen LogP contribution < -0.4 is 5.32 Å². The summed E-state index contributed by atoms with van der Waals surface area (Å²) >= 11 is 0. The van der Waals surface area contributed by atoms with E-state index in [1.54, 1.807) is 6.20 Å². The quantitative estimate of drug-likeness (QED) is 0.925. The van der Waals surface area contributed by atoms with Crippen LogP contribution in [0.4, 0.5) is 0 Å². The molecule has 4 rings (SSSR count). The Labute approximate surface area is 124 Å². The molecule has 0 amide bonds. The van der Waals surface area contributed by atoms with Gasteiger partial charge in [-0.15, -0.1) is 0 Å². The normalized spacial score (nSPS) is 21.0. The van der Waals surface area contributed by atoms with Crippen LogP contribution in [-0.4, -0.2) is 32.5 Å². The molecule has 0 bridgehead atoms. The summed E-state index contributed by atoms with van der Waals surface area (Å²) in [5.74, 6) is 1.44. The number of nitrogens with zero attached hydrogens (tertiary/aromatic N) is 4. The summed E-state index contributed by atoms with van der Waals surface area (Å²) in [4.78, 5) is 17.3. The molecule has 1 atom stereocenters. The van der Waals surface area contributed by atoms with Crippen molar-refractivity contribution in [1.29, 1.82) is 0 Å². The number of nitrogens with one attached hydrogen (secondary N) is 1. The van der Waals surface area contributed by atoms with Crippen LogP contribution in [0, 0.1) is 5.92 Å². The Hall–Kier alpha value is -1.88. The highest BCUT2D eigenvalue weighted by Crippen LogP contribution is 2.26. The summed E-state index contributed by atoms with van der Waals surface area (Å²) in [6.07, 6.45) is 11.3. The molecule has 0 aliphatic heterocycles. The molecule has 1 unspecified atom stereocenters. The van der Waals surface area contributed by atoms with E-state index in [0.29, 0.717) is 5.82 Å². The average Bonchev–Trinajstić information content (AvgIpc) is 3.37. The van der Waals surface area contributed by atoms with Crippen molar-refractivity contribution < 1.29 is 0 Å². The second kappa shape index (κ2) is 5.48. The molecular weight excluding hydrogens is 262 g/mol. The van der Waals surface area contributed by atoms with Crippen LogP contribution in [-0.2, 0) is 12.8 Å². The molecule has 1 fully saturated rings. The minimum absolute atomic E-state index is 0.714. The Morgan fingerprint density at radius 2 is 2.14 bits per heavy atom. The van der Waals surface area contributed by atoms with E-state index < -0.39 is 0 Å². The molecule has 0 spiro atoms. The molecule has 0 saturated heterocycles. The topological polar surface area (TPSA) is 63.6 Å². The van der Waals surface area contributed by atoms with Gasteiger partial charge in [0.15, 0.2) is 5.82 Å². The molecule has 5 heteroatoms. The second-order valence-corrected chi connectivity index (χ2v) is 6.05. The predicted octanol–water partition coefficient (Wildman–Crippen LogP) is 1.79. The highest BCUT2D eigenvalue weighted by Gasteiger charge is 2.25. The number of fused-ring (bicyclic) bond motifs is 1. The molecule has 2 aromatic rings. The number of aryl methyl sites for hydroxylation is 1. The highest BCUT2D eigenvalue weighted by atomic mass is 15.0. The van der Waals surface area contributed by atoms with Crippen molar-refractivity contribution in [1.82, 2.24) is 25.3 Å². The lowest BCUT2D eigenvalue weighted by Crippen LogP contribution is -2.29. The van der Waals surface area contributed by atoms with Gasteiger partial charge in [-0.2, -0.15) is 0 Å². The maximum absolute atomic E-state index is 4.70. The Morgan fingerprint density at radius 1 is 1.19 bits per heavy atom. The highest BCUT2D eigenvalue weighted by molar-refractivity contribution is 5.48. The van der Waals surface area contributed by atoms with E-state index in [-0.39, 0.29) is 0 Å². The lowest BCUT2D eigenvalue weighted by molar-refractivity contribution is 0.418. The van der Waals surface area contributed by atoms with Crippen molar-refractivity contribution in [3.8, 4) is 11.5 Å². The second-order valence-electron chi connectivity index (χ2n) is 6.05. The Bertz CT molecular complexity index is 624. The minimum Gasteiger partial charge on any atom is -0.314 e. The van der Waals surface area contributed by atoms with E-state index in [2.05, 4.69) is 20.3 Å². The molecule has 1 N–H and O–H groups in total. The molecular formula is C16H19N5. The van der Waals surface area contributed by atoms with Crippen molar-refractivity contribution in [2.75, 3.05) is 6.54 Å². The van der Waals surface area contributed by atoms with E-state index in [1.807, 2.05) is 12.3 Å². The zero-order valence-corrected chi connectivity index (χ0v) is 12.0. The smallest absolute Gasteiger partial charge is 0.178 e. The lowest BCUT2D eigenvalue weighted by Gasteiger charge is -2.24. The van der Waals surface area contributed by atoms with E-state index in [1.165, 1.54) is 36.8 Å². The molecule has 2 aliphatic rings. The summed E-state index contributed by atoms with van der Waals surface area (Å²) in [5, 5.41) is 3.64. The zero-order valence-electron chi connectivity index (χ0n) is 12.0. The van der Waals surface area contributed by atoms with E-state index in [0.717, 1.165) is 37.0 Å². The van der Waals surface area contributed by atoms with Gasteiger partial charge < -0.3 is 5.32 Å². The number of hydrogen-bond donors (Lipinski definition) is 1. The van der Waals surface area contributed by atoms with Crippen LogP contribution in [0.3, 0.4) is 0 Å². The van der Waals surface area contributed by atoms with Crippen molar-refractivity contribution in [2.45, 2.75) is 38.1 Å². The lowest BCUT2D eigenvalue weighted by atomic mass is 9.87. The molecule has 1 saturated carbocycles. The summed E-state index contributed by atoms with van der Waals surface area (Å²) in [7, 11) is 0. The molecule has 21 heavy (non-hydrogen) atoms. The molecule has 2 aliphatic carbocycles. The van der Waals surface area contributed by atoms with Crippen molar-refractivity contribution in [2.24, 2.45) is 5.92 Å². The first kappa shape index (κ1) is 12.8. The van der Waals surface area contributed by atoms with Crippen LogP contribution in [0.15, 0.2) is 24.8 Å². The van der Waals surface area contributed by atoms with E-state index in [9.17, 15) is 0 Å². The largest absolute Gasteiger partial charge is 0.314 e. The van der Waals surface area contributed by atoms with Crippen LogP contribution in [0.5, 0.6) is 0 Å². The third-order valence-corrected chi connectivity index (χ3v) is 4.34. The summed E-state index contributed by atoms with van der Waals surface area (Å²) in [6, 6.07) is 2.65. The molecule has 0 aromatic carbocycles. The first-order chi connectivity index (χ1) is 10.4. The fraction of sp³-hybridized carbons (Fsp3) is 0.500. The van der Waals surface area contributed by atoms with Gasteiger partial charge in [-0.05, 0) is 56.2 Å².